The number of rotatable bonds is 4. The Labute approximate surface area is 269 Å². The van der Waals surface area contributed by atoms with E-state index in [1.165, 1.54) is 38.6 Å². The Balaban J connectivity index is 1.09. The average Bonchev–Trinajstić information content (AvgIpc) is 3.69. The molecule has 0 spiro atoms. The summed E-state index contributed by atoms with van der Waals surface area (Å²) in [6, 6.07) is 48.4. The van der Waals surface area contributed by atoms with E-state index in [1.54, 1.807) is 6.20 Å². The van der Waals surface area contributed by atoms with Crippen LogP contribution in [0.4, 0.5) is 0 Å². The zero-order valence-electron chi connectivity index (χ0n) is 25.1. The molecule has 6 aromatic carbocycles. The Hall–Kier alpha value is -6.46. The largest absolute Gasteiger partial charge is 0.438 e. The molecule has 0 N–H and O–H groups in total. The maximum absolute atomic E-state index is 6.08. The highest BCUT2D eigenvalue weighted by Gasteiger charge is 2.22. The monoisotopic (exact) mass is 600 g/mol. The Morgan fingerprint density at radius 2 is 1.06 bits per heavy atom. The lowest BCUT2D eigenvalue weighted by molar-refractivity contribution is 0.654. The molecule has 0 atom stereocenters. The molecule has 3 heterocycles. The SMILES string of the molecule is c1ccc(-c2nc(-c3ccc(-c4ccc5c(c4)-c4cccc6cccc-5c46)cc3)nc(-c3cccc4oc5ncccc5c34)n2)cc1. The van der Waals surface area contributed by atoms with Crippen LogP contribution in [-0.2, 0) is 0 Å². The number of hydrogen-bond acceptors (Lipinski definition) is 5. The Morgan fingerprint density at radius 1 is 0.404 bits per heavy atom. The van der Waals surface area contributed by atoms with Crippen LogP contribution < -0.4 is 0 Å². The summed E-state index contributed by atoms with van der Waals surface area (Å²) in [5.74, 6) is 1.81. The van der Waals surface area contributed by atoms with Crippen molar-refractivity contribution in [1.82, 2.24) is 19.9 Å². The smallest absolute Gasteiger partial charge is 0.227 e. The van der Waals surface area contributed by atoms with Gasteiger partial charge in [-0.25, -0.2) is 19.9 Å². The van der Waals surface area contributed by atoms with E-state index in [0.717, 1.165) is 38.6 Å². The summed E-state index contributed by atoms with van der Waals surface area (Å²) in [4.78, 5) is 19.4. The fourth-order valence-electron chi connectivity index (χ4n) is 6.97. The van der Waals surface area contributed by atoms with Gasteiger partial charge < -0.3 is 4.42 Å². The number of aromatic nitrogens is 4. The summed E-state index contributed by atoms with van der Waals surface area (Å²) in [7, 11) is 0. The summed E-state index contributed by atoms with van der Waals surface area (Å²) >= 11 is 0. The van der Waals surface area contributed by atoms with Crippen LogP contribution in [0.25, 0.3) is 100 Å². The summed E-state index contributed by atoms with van der Waals surface area (Å²) in [5, 5.41) is 4.49. The van der Waals surface area contributed by atoms with Crippen molar-refractivity contribution in [3.05, 3.63) is 146 Å². The zero-order valence-corrected chi connectivity index (χ0v) is 25.1. The van der Waals surface area contributed by atoms with Crippen molar-refractivity contribution in [3.8, 4) is 67.5 Å². The highest BCUT2D eigenvalue weighted by atomic mass is 16.3. The molecule has 1 aliphatic carbocycles. The van der Waals surface area contributed by atoms with E-state index in [-0.39, 0.29) is 0 Å². The van der Waals surface area contributed by atoms with E-state index in [9.17, 15) is 0 Å². The number of pyridine rings is 1. The summed E-state index contributed by atoms with van der Waals surface area (Å²) < 4.78 is 6.08. The normalized spacial score (nSPS) is 11.8. The Bertz CT molecular complexity index is 2670. The second-order valence-electron chi connectivity index (χ2n) is 11.9. The quantitative estimate of drug-likeness (QED) is 0.201. The molecule has 10 rings (SSSR count). The standard InChI is InChI=1S/C42H24N4O/c1-2-8-27(9-3-1)39-44-40(46-41(45-39)33-14-6-16-36-38(33)34-15-7-23-43-42(34)47-36)28-19-17-25(18-20-28)29-21-22-30-31-12-4-10-26-11-5-13-32(37(26)31)35(30)24-29/h1-24H. The summed E-state index contributed by atoms with van der Waals surface area (Å²) in [6.45, 7) is 0. The topological polar surface area (TPSA) is 64.7 Å². The van der Waals surface area contributed by atoms with Crippen LogP contribution in [0.1, 0.15) is 0 Å². The van der Waals surface area contributed by atoms with Crippen molar-refractivity contribution < 1.29 is 4.42 Å². The van der Waals surface area contributed by atoms with Gasteiger partial charge in [0.05, 0.1) is 0 Å². The second-order valence-corrected chi connectivity index (χ2v) is 11.9. The highest BCUT2D eigenvalue weighted by molar-refractivity contribution is 6.15. The average molecular weight is 601 g/mol. The van der Waals surface area contributed by atoms with Gasteiger partial charge in [0.1, 0.15) is 5.58 Å². The van der Waals surface area contributed by atoms with E-state index >= 15 is 0 Å². The van der Waals surface area contributed by atoms with E-state index in [2.05, 4.69) is 83.8 Å². The van der Waals surface area contributed by atoms with Gasteiger partial charge >= 0.3 is 0 Å². The van der Waals surface area contributed by atoms with Crippen LogP contribution in [0.15, 0.2) is 150 Å². The molecule has 0 saturated heterocycles. The minimum Gasteiger partial charge on any atom is -0.438 e. The van der Waals surface area contributed by atoms with E-state index in [1.807, 2.05) is 60.7 Å². The summed E-state index contributed by atoms with van der Waals surface area (Å²) in [6.07, 6.45) is 1.74. The van der Waals surface area contributed by atoms with Crippen molar-refractivity contribution in [2.45, 2.75) is 0 Å². The molecule has 3 aromatic heterocycles. The molecule has 9 aromatic rings. The molecule has 0 fully saturated rings. The molecule has 47 heavy (non-hydrogen) atoms. The van der Waals surface area contributed by atoms with Gasteiger partial charge in [-0.2, -0.15) is 0 Å². The second kappa shape index (κ2) is 10.0. The van der Waals surface area contributed by atoms with Crippen LogP contribution in [0, 0.1) is 0 Å². The van der Waals surface area contributed by atoms with Gasteiger partial charge in [0, 0.05) is 33.7 Å². The predicted octanol–water partition coefficient (Wildman–Crippen LogP) is 10.6. The van der Waals surface area contributed by atoms with Crippen LogP contribution in [0.3, 0.4) is 0 Å². The van der Waals surface area contributed by atoms with Crippen molar-refractivity contribution >= 4 is 32.8 Å². The maximum Gasteiger partial charge on any atom is 0.227 e. The molecule has 5 nitrogen and oxygen atoms in total. The van der Waals surface area contributed by atoms with Crippen LogP contribution in [-0.4, -0.2) is 19.9 Å². The minimum absolute atomic E-state index is 0.586. The molecule has 0 aliphatic heterocycles. The first-order chi connectivity index (χ1) is 23.3. The molecule has 218 valence electrons. The molecule has 0 amide bonds. The lowest BCUT2D eigenvalue weighted by Crippen LogP contribution is -2.00. The number of hydrogen-bond donors (Lipinski definition) is 0. The molecular weight excluding hydrogens is 576 g/mol. The van der Waals surface area contributed by atoms with Crippen molar-refractivity contribution in [1.29, 1.82) is 0 Å². The summed E-state index contributed by atoms with van der Waals surface area (Å²) in [5.41, 5.74) is 11.6. The van der Waals surface area contributed by atoms with Gasteiger partial charge in [-0.1, -0.05) is 115 Å². The van der Waals surface area contributed by atoms with Gasteiger partial charge in [0.2, 0.25) is 5.71 Å². The third-order valence-corrected chi connectivity index (χ3v) is 9.16. The van der Waals surface area contributed by atoms with Gasteiger partial charge in [-0.15, -0.1) is 0 Å². The third-order valence-electron chi connectivity index (χ3n) is 9.16. The van der Waals surface area contributed by atoms with Crippen LogP contribution >= 0.6 is 0 Å². The first-order valence-electron chi connectivity index (χ1n) is 15.6. The predicted molar refractivity (Wildman–Crippen MR) is 189 cm³/mol. The molecule has 0 bridgehead atoms. The Morgan fingerprint density at radius 3 is 1.87 bits per heavy atom. The number of furan rings is 1. The van der Waals surface area contributed by atoms with E-state index in [4.69, 9.17) is 19.4 Å². The molecular formula is C42H24N4O. The fraction of sp³-hybridized carbons (Fsp3) is 0. The zero-order chi connectivity index (χ0) is 30.9. The third kappa shape index (κ3) is 4.03. The van der Waals surface area contributed by atoms with E-state index < -0.39 is 0 Å². The lowest BCUT2D eigenvalue weighted by atomic mass is 9.97. The molecule has 5 heteroatoms. The molecule has 0 radical (unpaired) electrons. The number of fused-ring (bicyclic) bond motifs is 6. The first kappa shape index (κ1) is 25.8. The van der Waals surface area contributed by atoms with Gasteiger partial charge in [-0.3, -0.25) is 0 Å². The first-order valence-corrected chi connectivity index (χ1v) is 15.6. The van der Waals surface area contributed by atoms with Crippen molar-refractivity contribution in [2.24, 2.45) is 0 Å². The van der Waals surface area contributed by atoms with Crippen LogP contribution in [0.5, 0.6) is 0 Å². The lowest BCUT2D eigenvalue weighted by Gasteiger charge is -2.10. The van der Waals surface area contributed by atoms with Crippen molar-refractivity contribution in [2.75, 3.05) is 0 Å². The van der Waals surface area contributed by atoms with Gasteiger partial charge in [0.15, 0.2) is 17.5 Å². The number of nitrogens with zero attached hydrogens (tertiary/aromatic N) is 4. The highest BCUT2D eigenvalue weighted by Crippen LogP contribution is 2.48. The van der Waals surface area contributed by atoms with Crippen molar-refractivity contribution in [3.63, 3.8) is 0 Å². The molecule has 0 saturated carbocycles. The fourth-order valence-corrected chi connectivity index (χ4v) is 6.97. The van der Waals surface area contributed by atoms with E-state index in [0.29, 0.717) is 23.2 Å². The van der Waals surface area contributed by atoms with Crippen LogP contribution in [0.2, 0.25) is 0 Å². The maximum atomic E-state index is 6.08. The molecule has 0 unspecified atom stereocenters. The number of benzene rings is 6. The molecule has 1 aliphatic rings. The Kier molecular flexibility index (Phi) is 5.51. The van der Waals surface area contributed by atoms with Gasteiger partial charge in [0.25, 0.3) is 0 Å². The minimum atomic E-state index is 0.586. The van der Waals surface area contributed by atoms with Gasteiger partial charge in [-0.05, 0) is 68.4 Å².